The summed E-state index contributed by atoms with van der Waals surface area (Å²) in [5, 5.41) is 12.1. The highest BCUT2D eigenvalue weighted by molar-refractivity contribution is 5.88. The first kappa shape index (κ1) is 30.9. The number of rotatable bonds is 6. The van der Waals surface area contributed by atoms with Crippen LogP contribution >= 0.6 is 0 Å². The van der Waals surface area contributed by atoms with Gasteiger partial charge in [0.1, 0.15) is 0 Å². The maximum Gasteiger partial charge on any atom is 0.164 e. The maximum absolute atomic E-state index is 9.56. The largest absolute Gasteiger partial charge is 0.208 e. The highest BCUT2D eigenvalue weighted by atomic mass is 15.0. The van der Waals surface area contributed by atoms with Gasteiger partial charge in [0.2, 0.25) is 0 Å². The quantitative estimate of drug-likeness (QED) is 0.177. The summed E-state index contributed by atoms with van der Waals surface area (Å²) in [4.78, 5) is 15.1. The Hall–Kier alpha value is -5.92. The molecule has 0 amide bonds. The van der Waals surface area contributed by atoms with Gasteiger partial charge in [-0.05, 0) is 106 Å². The summed E-state index contributed by atoms with van der Waals surface area (Å²) in [7, 11) is 0. The third-order valence-corrected chi connectivity index (χ3v) is 12.3. The summed E-state index contributed by atoms with van der Waals surface area (Å²) in [6.07, 6.45) is 7.60. The van der Waals surface area contributed by atoms with Gasteiger partial charge in [0.15, 0.2) is 17.5 Å². The second-order valence-electron chi connectivity index (χ2n) is 15.6. The molecule has 0 radical (unpaired) electrons. The van der Waals surface area contributed by atoms with Gasteiger partial charge in [-0.15, -0.1) is 0 Å². The smallest absolute Gasteiger partial charge is 0.164 e. The van der Waals surface area contributed by atoms with E-state index in [1.807, 2.05) is 30.3 Å². The fourth-order valence-electron chi connectivity index (χ4n) is 10.5. The molecule has 4 heteroatoms. The van der Waals surface area contributed by atoms with E-state index < -0.39 is 0 Å². The number of nitriles is 1. The summed E-state index contributed by atoms with van der Waals surface area (Å²) in [5.74, 6) is 3.52. The molecule has 6 aromatic carbocycles. The van der Waals surface area contributed by atoms with E-state index in [0.717, 1.165) is 39.7 Å². The van der Waals surface area contributed by atoms with Crippen LogP contribution < -0.4 is 0 Å². The first-order valence-corrected chi connectivity index (χ1v) is 18.6. The van der Waals surface area contributed by atoms with Crippen LogP contribution in [0.15, 0.2) is 146 Å². The van der Waals surface area contributed by atoms with E-state index in [1.165, 1.54) is 66.0 Å². The number of benzene rings is 6. The van der Waals surface area contributed by atoms with Crippen molar-refractivity contribution in [3.8, 4) is 51.4 Å². The van der Waals surface area contributed by atoms with E-state index in [1.54, 1.807) is 0 Å². The molecule has 11 rings (SSSR count). The summed E-state index contributed by atoms with van der Waals surface area (Å²) in [6.45, 7) is 0. The molecular formula is C48H38N4. The van der Waals surface area contributed by atoms with Crippen molar-refractivity contribution in [1.29, 1.82) is 5.26 Å². The lowest BCUT2D eigenvalue weighted by atomic mass is 9.41. The summed E-state index contributed by atoms with van der Waals surface area (Å²) in [5.41, 5.74) is 9.31. The SMILES string of the molecule is N#Cc1ccc2c(C34CC5CC(CC(c6ccc(-c7nc(-c8ccccc8)nc(-c8ccc(-c9ccccc9)cc8)n7)cc6)(C5)C3)C4)cccc2c1. The van der Waals surface area contributed by atoms with Crippen molar-refractivity contribution in [2.45, 2.75) is 49.4 Å². The Labute approximate surface area is 304 Å². The molecular weight excluding hydrogens is 633 g/mol. The zero-order valence-corrected chi connectivity index (χ0v) is 29.0. The van der Waals surface area contributed by atoms with Gasteiger partial charge in [-0.25, -0.2) is 15.0 Å². The zero-order valence-electron chi connectivity index (χ0n) is 29.0. The van der Waals surface area contributed by atoms with Gasteiger partial charge in [-0.1, -0.05) is 133 Å². The Morgan fingerprint density at radius 3 is 1.63 bits per heavy atom. The maximum atomic E-state index is 9.56. The molecule has 1 aromatic heterocycles. The van der Waals surface area contributed by atoms with Gasteiger partial charge in [-0.2, -0.15) is 5.26 Å². The second-order valence-corrected chi connectivity index (χ2v) is 15.6. The molecule has 250 valence electrons. The van der Waals surface area contributed by atoms with Crippen molar-refractivity contribution in [3.63, 3.8) is 0 Å². The Morgan fingerprint density at radius 1 is 0.500 bits per heavy atom. The van der Waals surface area contributed by atoms with Gasteiger partial charge >= 0.3 is 0 Å². The molecule has 4 nitrogen and oxygen atoms in total. The molecule has 0 aliphatic heterocycles. The lowest BCUT2D eigenvalue weighted by Gasteiger charge is -2.63. The summed E-state index contributed by atoms with van der Waals surface area (Å²) in [6, 6.07) is 53.8. The normalized spacial score (nSPS) is 23.1. The van der Waals surface area contributed by atoms with Crippen molar-refractivity contribution >= 4 is 10.8 Å². The van der Waals surface area contributed by atoms with Crippen LogP contribution in [0, 0.1) is 23.2 Å². The number of hydrogen-bond acceptors (Lipinski definition) is 4. The van der Waals surface area contributed by atoms with Crippen molar-refractivity contribution < 1.29 is 0 Å². The van der Waals surface area contributed by atoms with Gasteiger partial charge in [-0.3, -0.25) is 0 Å². The molecule has 2 unspecified atom stereocenters. The molecule has 0 spiro atoms. The molecule has 52 heavy (non-hydrogen) atoms. The topological polar surface area (TPSA) is 62.5 Å². The minimum Gasteiger partial charge on any atom is -0.208 e. The molecule has 4 aliphatic rings. The Morgan fingerprint density at radius 2 is 1.02 bits per heavy atom. The van der Waals surface area contributed by atoms with Crippen LogP contribution in [0.3, 0.4) is 0 Å². The molecule has 0 N–H and O–H groups in total. The van der Waals surface area contributed by atoms with Gasteiger partial charge < -0.3 is 0 Å². The molecule has 2 atom stereocenters. The Bertz CT molecular complexity index is 2470. The van der Waals surface area contributed by atoms with E-state index in [0.29, 0.717) is 17.5 Å². The lowest BCUT2D eigenvalue weighted by Crippen LogP contribution is -2.56. The minimum atomic E-state index is 0.164. The van der Waals surface area contributed by atoms with Crippen LogP contribution in [0.5, 0.6) is 0 Å². The van der Waals surface area contributed by atoms with Crippen molar-refractivity contribution in [2.75, 3.05) is 0 Å². The average Bonchev–Trinajstić information content (AvgIpc) is 3.20. The number of fused-ring (bicyclic) bond motifs is 1. The molecule has 4 saturated carbocycles. The van der Waals surface area contributed by atoms with Gasteiger partial charge in [0.05, 0.1) is 11.6 Å². The minimum absolute atomic E-state index is 0.164. The highest BCUT2D eigenvalue weighted by Crippen LogP contribution is 2.66. The van der Waals surface area contributed by atoms with Crippen molar-refractivity contribution in [1.82, 2.24) is 15.0 Å². The standard InChI is InChI=1S/C48H38N4/c49-30-32-14-23-42-40(25-32)12-7-13-43(42)48-28-33-24-34(29-48)27-47(26-33,31-48)41-21-19-39(20-22-41)46-51-44(37-10-5-2-6-11-37)50-45(52-46)38-17-15-36(16-18-38)35-8-3-1-4-9-35/h1-23,25,33-34H,24,26-29,31H2. The van der Waals surface area contributed by atoms with E-state index in [2.05, 4.69) is 121 Å². The Balaban J connectivity index is 1.01. The molecule has 4 fully saturated rings. The van der Waals surface area contributed by atoms with E-state index in [9.17, 15) is 5.26 Å². The van der Waals surface area contributed by atoms with Crippen LogP contribution in [-0.2, 0) is 10.8 Å². The predicted molar refractivity (Wildman–Crippen MR) is 208 cm³/mol. The zero-order chi connectivity index (χ0) is 34.7. The van der Waals surface area contributed by atoms with E-state index in [-0.39, 0.29) is 10.8 Å². The van der Waals surface area contributed by atoms with Gasteiger partial charge in [0.25, 0.3) is 0 Å². The molecule has 4 bridgehead atoms. The predicted octanol–water partition coefficient (Wildman–Crippen LogP) is 11.4. The molecule has 4 aliphatic carbocycles. The third kappa shape index (κ3) is 5.23. The monoisotopic (exact) mass is 670 g/mol. The van der Waals surface area contributed by atoms with Crippen LogP contribution in [-0.4, -0.2) is 15.0 Å². The lowest BCUT2D eigenvalue weighted by molar-refractivity contribution is -0.0275. The van der Waals surface area contributed by atoms with Crippen LogP contribution in [0.25, 0.3) is 56.1 Å². The fraction of sp³-hybridized carbons (Fsp3) is 0.208. The first-order valence-electron chi connectivity index (χ1n) is 18.6. The number of hydrogen-bond donors (Lipinski definition) is 0. The van der Waals surface area contributed by atoms with Crippen molar-refractivity contribution in [3.05, 3.63) is 162 Å². The average molecular weight is 671 g/mol. The fourth-order valence-corrected chi connectivity index (χ4v) is 10.5. The number of nitrogens with zero attached hydrogens (tertiary/aromatic N) is 4. The summed E-state index contributed by atoms with van der Waals surface area (Å²) >= 11 is 0. The second kappa shape index (κ2) is 12.1. The summed E-state index contributed by atoms with van der Waals surface area (Å²) < 4.78 is 0. The molecule has 7 aromatic rings. The van der Waals surface area contributed by atoms with Crippen LogP contribution in [0.4, 0.5) is 0 Å². The van der Waals surface area contributed by atoms with Gasteiger partial charge in [0, 0.05) is 16.7 Å². The Kier molecular flexibility index (Phi) is 7.18. The highest BCUT2D eigenvalue weighted by Gasteiger charge is 2.58. The van der Waals surface area contributed by atoms with Crippen molar-refractivity contribution in [2.24, 2.45) is 11.8 Å². The van der Waals surface area contributed by atoms with Crippen LogP contribution in [0.1, 0.15) is 55.2 Å². The first-order chi connectivity index (χ1) is 25.6. The number of aromatic nitrogens is 3. The molecule has 1 heterocycles. The van der Waals surface area contributed by atoms with E-state index in [4.69, 9.17) is 15.0 Å². The molecule has 0 saturated heterocycles. The van der Waals surface area contributed by atoms with E-state index >= 15 is 0 Å². The third-order valence-electron chi connectivity index (χ3n) is 12.3. The van der Waals surface area contributed by atoms with Crippen LogP contribution in [0.2, 0.25) is 0 Å².